The van der Waals surface area contributed by atoms with Gasteiger partial charge in [-0.15, -0.1) is 0 Å². The highest BCUT2D eigenvalue weighted by Gasteiger charge is 2.29. The number of likely N-dealkylation sites (tertiary alicyclic amines) is 1. The first-order valence-corrected chi connectivity index (χ1v) is 6.82. The van der Waals surface area contributed by atoms with Crippen LogP contribution in [0.2, 0.25) is 0 Å². The van der Waals surface area contributed by atoms with Crippen molar-refractivity contribution >= 4 is 5.97 Å². The van der Waals surface area contributed by atoms with E-state index in [1.807, 2.05) is 0 Å². The quantitative estimate of drug-likeness (QED) is 0.743. The van der Waals surface area contributed by atoms with Crippen LogP contribution in [0.5, 0.6) is 0 Å². The van der Waals surface area contributed by atoms with Gasteiger partial charge < -0.3 is 15.3 Å². The number of nitrogens with one attached hydrogen (secondary N) is 1. The number of hydrogen-bond acceptors (Lipinski definition) is 3. The summed E-state index contributed by atoms with van der Waals surface area (Å²) in [6.45, 7) is 6.23. The van der Waals surface area contributed by atoms with E-state index in [0.717, 1.165) is 19.6 Å². The fourth-order valence-corrected chi connectivity index (χ4v) is 2.77. The van der Waals surface area contributed by atoms with Crippen LogP contribution < -0.4 is 5.32 Å². The minimum atomic E-state index is -2.36. The maximum atomic E-state index is 12.2. The highest BCUT2D eigenvalue weighted by Crippen LogP contribution is 2.21. The second kappa shape index (κ2) is 7.75. The molecule has 2 N–H and O–H groups in total. The van der Waals surface area contributed by atoms with E-state index < -0.39 is 12.4 Å². The Morgan fingerprint density at radius 1 is 1.42 bits per heavy atom. The lowest BCUT2D eigenvalue weighted by Gasteiger charge is -2.38. The zero-order chi connectivity index (χ0) is 14.4. The summed E-state index contributed by atoms with van der Waals surface area (Å²) < 4.78 is 24.5. The average molecular weight is 278 g/mol. The van der Waals surface area contributed by atoms with Crippen molar-refractivity contribution in [2.24, 2.45) is 11.8 Å². The van der Waals surface area contributed by atoms with Gasteiger partial charge in [0, 0.05) is 32.1 Å². The number of rotatable bonds is 7. The van der Waals surface area contributed by atoms with Gasteiger partial charge in [-0.05, 0) is 18.3 Å². The molecule has 4 nitrogen and oxygen atoms in total. The molecular formula is C13H24F2N2O2. The van der Waals surface area contributed by atoms with Crippen LogP contribution in [0.4, 0.5) is 8.78 Å². The molecule has 112 valence electrons. The molecule has 0 radical (unpaired) electrons. The molecule has 2 unspecified atom stereocenters. The van der Waals surface area contributed by atoms with Crippen LogP contribution >= 0.6 is 0 Å². The van der Waals surface area contributed by atoms with E-state index >= 15 is 0 Å². The van der Waals surface area contributed by atoms with Crippen LogP contribution in [0.1, 0.15) is 26.7 Å². The lowest BCUT2D eigenvalue weighted by atomic mass is 9.91. The number of nitrogens with zero attached hydrogens (tertiary/aromatic N) is 1. The summed E-state index contributed by atoms with van der Waals surface area (Å²) in [5, 5.41) is 11.7. The zero-order valence-electron chi connectivity index (χ0n) is 11.6. The Kier molecular flexibility index (Phi) is 6.65. The summed E-state index contributed by atoms with van der Waals surface area (Å²) in [7, 11) is 0. The number of carboxylic acid groups (broad SMARTS) is 1. The maximum absolute atomic E-state index is 12.2. The number of aliphatic carboxylic acids is 1. The standard InChI is InChI=1S/C13H24F2N2O2/c1-9(2)6-17-7-10(4-13(18)19)3-11(8-17)16-5-12(14)15/h9-12,16H,3-8H2,1-2H3,(H,18,19). The lowest BCUT2D eigenvalue weighted by Crippen LogP contribution is -2.51. The van der Waals surface area contributed by atoms with Crippen molar-refractivity contribution in [3.05, 3.63) is 0 Å². The Labute approximate surface area is 113 Å². The Bertz CT molecular complexity index is 288. The monoisotopic (exact) mass is 278 g/mol. The van der Waals surface area contributed by atoms with E-state index in [1.165, 1.54) is 0 Å². The van der Waals surface area contributed by atoms with E-state index in [-0.39, 0.29) is 24.9 Å². The third-order valence-corrected chi connectivity index (χ3v) is 3.26. The third kappa shape index (κ3) is 6.82. The first-order chi connectivity index (χ1) is 8.86. The van der Waals surface area contributed by atoms with Crippen LogP contribution in [0, 0.1) is 11.8 Å². The topological polar surface area (TPSA) is 52.6 Å². The molecule has 1 saturated heterocycles. The van der Waals surface area contributed by atoms with E-state index in [1.54, 1.807) is 0 Å². The molecule has 0 saturated carbocycles. The number of halogens is 2. The number of carbonyl (C=O) groups is 1. The average Bonchev–Trinajstić information content (AvgIpc) is 2.24. The highest BCUT2D eigenvalue weighted by molar-refractivity contribution is 5.67. The van der Waals surface area contributed by atoms with E-state index in [0.29, 0.717) is 12.3 Å². The van der Waals surface area contributed by atoms with Crippen molar-refractivity contribution < 1.29 is 18.7 Å². The predicted octanol–water partition coefficient (Wildman–Crippen LogP) is 1.66. The summed E-state index contributed by atoms with van der Waals surface area (Å²) in [4.78, 5) is 13.0. The van der Waals surface area contributed by atoms with Crippen LogP contribution in [-0.2, 0) is 4.79 Å². The molecule has 1 aliphatic heterocycles. The fourth-order valence-electron chi connectivity index (χ4n) is 2.77. The number of piperidine rings is 1. The SMILES string of the molecule is CC(C)CN1CC(CC(=O)O)CC(NCC(F)F)C1. The third-order valence-electron chi connectivity index (χ3n) is 3.26. The Balaban J connectivity index is 2.52. The van der Waals surface area contributed by atoms with Gasteiger partial charge in [-0.25, -0.2) is 8.78 Å². The Hall–Kier alpha value is -0.750. The van der Waals surface area contributed by atoms with Crippen LogP contribution in [0.3, 0.4) is 0 Å². The molecule has 0 aromatic heterocycles. The number of alkyl halides is 2. The zero-order valence-corrected chi connectivity index (χ0v) is 11.6. The molecule has 1 rings (SSSR count). The van der Waals surface area contributed by atoms with E-state index in [9.17, 15) is 13.6 Å². The molecule has 0 amide bonds. The highest BCUT2D eigenvalue weighted by atomic mass is 19.3. The summed E-state index contributed by atoms with van der Waals surface area (Å²) >= 11 is 0. The number of carboxylic acids is 1. The molecule has 2 atom stereocenters. The molecule has 0 aromatic rings. The van der Waals surface area contributed by atoms with Crippen molar-refractivity contribution in [3.8, 4) is 0 Å². The summed E-state index contributed by atoms with van der Waals surface area (Å²) in [5.41, 5.74) is 0. The Morgan fingerprint density at radius 2 is 2.11 bits per heavy atom. The van der Waals surface area contributed by atoms with Crippen molar-refractivity contribution in [1.82, 2.24) is 10.2 Å². The van der Waals surface area contributed by atoms with Crippen molar-refractivity contribution in [1.29, 1.82) is 0 Å². The summed E-state index contributed by atoms with van der Waals surface area (Å²) in [6, 6.07) is -0.0363. The first kappa shape index (κ1) is 16.3. The van der Waals surface area contributed by atoms with Crippen LogP contribution in [0.15, 0.2) is 0 Å². The van der Waals surface area contributed by atoms with Gasteiger partial charge in [-0.3, -0.25) is 4.79 Å². The fraction of sp³-hybridized carbons (Fsp3) is 0.923. The molecule has 0 spiro atoms. The second-order valence-electron chi connectivity index (χ2n) is 5.81. The van der Waals surface area contributed by atoms with Gasteiger partial charge in [0.1, 0.15) is 0 Å². The normalized spacial score (nSPS) is 25.2. The molecular weight excluding hydrogens is 254 g/mol. The maximum Gasteiger partial charge on any atom is 0.303 e. The van der Waals surface area contributed by atoms with Gasteiger partial charge in [0.05, 0.1) is 6.54 Å². The Morgan fingerprint density at radius 3 is 2.63 bits per heavy atom. The van der Waals surface area contributed by atoms with Gasteiger partial charge >= 0.3 is 5.97 Å². The van der Waals surface area contributed by atoms with E-state index in [2.05, 4.69) is 24.1 Å². The molecule has 19 heavy (non-hydrogen) atoms. The lowest BCUT2D eigenvalue weighted by molar-refractivity contribution is -0.138. The summed E-state index contributed by atoms with van der Waals surface area (Å²) in [5.74, 6) is -0.288. The molecule has 6 heteroatoms. The van der Waals surface area contributed by atoms with Gasteiger partial charge in [0.15, 0.2) is 0 Å². The largest absolute Gasteiger partial charge is 0.481 e. The van der Waals surface area contributed by atoms with Crippen molar-refractivity contribution in [2.75, 3.05) is 26.2 Å². The molecule has 1 aliphatic rings. The van der Waals surface area contributed by atoms with Crippen molar-refractivity contribution in [3.63, 3.8) is 0 Å². The molecule has 0 aliphatic carbocycles. The minimum Gasteiger partial charge on any atom is -0.481 e. The summed E-state index contributed by atoms with van der Waals surface area (Å²) in [6.07, 6.45) is -1.59. The smallest absolute Gasteiger partial charge is 0.303 e. The molecule has 0 bridgehead atoms. The van der Waals surface area contributed by atoms with Crippen LogP contribution in [-0.4, -0.2) is 54.6 Å². The van der Waals surface area contributed by atoms with Gasteiger partial charge in [-0.2, -0.15) is 0 Å². The molecule has 0 aromatic carbocycles. The van der Waals surface area contributed by atoms with E-state index in [4.69, 9.17) is 5.11 Å². The predicted molar refractivity (Wildman–Crippen MR) is 69.4 cm³/mol. The number of hydrogen-bond donors (Lipinski definition) is 2. The van der Waals surface area contributed by atoms with Gasteiger partial charge in [0.2, 0.25) is 0 Å². The van der Waals surface area contributed by atoms with Crippen LogP contribution in [0.25, 0.3) is 0 Å². The first-order valence-electron chi connectivity index (χ1n) is 6.82. The minimum absolute atomic E-state index is 0.0363. The molecule has 1 heterocycles. The molecule has 1 fully saturated rings. The second-order valence-corrected chi connectivity index (χ2v) is 5.81. The van der Waals surface area contributed by atoms with Gasteiger partial charge in [-0.1, -0.05) is 13.8 Å². The van der Waals surface area contributed by atoms with Gasteiger partial charge in [0.25, 0.3) is 6.43 Å². The van der Waals surface area contributed by atoms with Crippen molar-refractivity contribution in [2.45, 2.75) is 39.2 Å².